The first-order valence-electron chi connectivity index (χ1n) is 12.1. The Hall–Kier alpha value is -1.39. The number of allylic oxidation sites excluding steroid dienone is 1. The summed E-state index contributed by atoms with van der Waals surface area (Å²) in [5.74, 6) is 0.708. The molecule has 0 aliphatic heterocycles. The van der Waals surface area contributed by atoms with Crippen molar-refractivity contribution >= 4 is 32.6 Å². The number of hydrogen-bond acceptors (Lipinski definition) is 0. The van der Waals surface area contributed by atoms with E-state index in [1.54, 1.807) is 15.9 Å². The zero-order chi connectivity index (χ0) is 23.4. The van der Waals surface area contributed by atoms with Crippen LogP contribution in [0.4, 0.5) is 0 Å². The fraction of sp³-hybridized carbons (Fsp3) is 0.517. The Morgan fingerprint density at radius 3 is 1.84 bits per heavy atom. The lowest BCUT2D eigenvalue weighted by molar-refractivity contribution is 0.591. The maximum atomic E-state index is 2.56. The van der Waals surface area contributed by atoms with Gasteiger partial charge in [0.05, 0.1) is 16.1 Å². The third-order valence-electron chi connectivity index (χ3n) is 6.53. The summed E-state index contributed by atoms with van der Waals surface area (Å²) in [6.07, 6.45) is 4.86. The molecule has 0 unspecified atom stereocenters. The van der Waals surface area contributed by atoms with Gasteiger partial charge in [-0.1, -0.05) is 126 Å². The monoisotopic (exact) mass is 448 g/mol. The van der Waals surface area contributed by atoms with Gasteiger partial charge >= 0.3 is 0 Å². The number of fused-ring (bicyclic) bond motifs is 1. The normalized spacial score (nSPS) is 14.8. The van der Waals surface area contributed by atoms with Crippen molar-refractivity contribution in [2.24, 2.45) is 5.92 Å². The molecule has 2 aromatic rings. The summed E-state index contributed by atoms with van der Waals surface area (Å²) in [4.78, 5) is 0. The van der Waals surface area contributed by atoms with Gasteiger partial charge in [0.25, 0.3) is 0 Å². The molecule has 0 spiro atoms. The van der Waals surface area contributed by atoms with E-state index >= 15 is 0 Å². The fourth-order valence-corrected chi connectivity index (χ4v) is 7.21. The van der Waals surface area contributed by atoms with E-state index < -0.39 is 16.1 Å². The Kier molecular flexibility index (Phi) is 6.41. The molecule has 0 N–H and O–H groups in total. The smallest absolute Gasteiger partial charge is 0.0656 e. The van der Waals surface area contributed by atoms with Gasteiger partial charge < -0.3 is 0 Å². The molecular formula is C29H44Si2. The first-order chi connectivity index (χ1) is 14.1. The lowest BCUT2D eigenvalue weighted by atomic mass is 9.79. The Labute approximate surface area is 194 Å². The molecule has 0 radical (unpaired) electrons. The largest absolute Gasteiger partial charge is 0.0776 e. The molecule has 2 aromatic carbocycles. The predicted octanol–water partition coefficient (Wildman–Crippen LogP) is 7.73. The Morgan fingerprint density at radius 2 is 1.39 bits per heavy atom. The first-order valence-corrected chi connectivity index (χ1v) is 19.1. The molecule has 0 amide bonds. The second-order valence-corrected chi connectivity index (χ2v) is 23.3. The van der Waals surface area contributed by atoms with Crippen LogP contribution in [0.15, 0.2) is 35.9 Å². The highest BCUT2D eigenvalue weighted by Gasteiger charge is 2.28. The van der Waals surface area contributed by atoms with Crippen molar-refractivity contribution < 1.29 is 0 Å². The molecule has 0 fully saturated rings. The van der Waals surface area contributed by atoms with E-state index in [0.717, 1.165) is 6.42 Å². The Bertz CT molecular complexity index is 970. The van der Waals surface area contributed by atoms with E-state index in [2.05, 4.69) is 110 Å². The minimum absolute atomic E-state index is 0.119. The van der Waals surface area contributed by atoms with Crippen molar-refractivity contribution in [2.45, 2.75) is 92.2 Å². The molecular weight excluding hydrogens is 404 g/mol. The van der Waals surface area contributed by atoms with E-state index in [1.165, 1.54) is 34.2 Å². The minimum atomic E-state index is -1.43. The summed E-state index contributed by atoms with van der Waals surface area (Å²) in [6.45, 7) is 26.7. The second kappa shape index (κ2) is 8.19. The van der Waals surface area contributed by atoms with Gasteiger partial charge in [-0.2, -0.15) is 0 Å². The molecule has 0 heterocycles. The van der Waals surface area contributed by atoms with Crippen molar-refractivity contribution in [1.29, 1.82) is 0 Å². The summed E-state index contributed by atoms with van der Waals surface area (Å²) in [6, 6.07) is 12.5. The third kappa shape index (κ3) is 5.34. The lowest BCUT2D eigenvalue weighted by Gasteiger charge is -2.28. The second-order valence-electron chi connectivity index (χ2n) is 13.2. The van der Waals surface area contributed by atoms with E-state index in [4.69, 9.17) is 0 Å². The molecule has 0 atom stereocenters. The van der Waals surface area contributed by atoms with Gasteiger partial charge in [0, 0.05) is 0 Å². The van der Waals surface area contributed by atoms with Gasteiger partial charge in [0.15, 0.2) is 0 Å². The van der Waals surface area contributed by atoms with E-state index in [1.807, 2.05) is 0 Å². The van der Waals surface area contributed by atoms with E-state index in [9.17, 15) is 0 Å². The quantitative estimate of drug-likeness (QED) is 0.410. The zero-order valence-electron chi connectivity index (χ0n) is 22.0. The molecule has 0 saturated carbocycles. The predicted molar refractivity (Wildman–Crippen MR) is 148 cm³/mol. The lowest BCUT2D eigenvalue weighted by Crippen LogP contribution is -2.45. The van der Waals surface area contributed by atoms with Gasteiger partial charge in [-0.25, -0.2) is 0 Å². The van der Waals surface area contributed by atoms with Crippen LogP contribution in [0.5, 0.6) is 0 Å². The molecule has 3 rings (SSSR count). The topological polar surface area (TPSA) is 0 Å². The summed E-state index contributed by atoms with van der Waals surface area (Å²) < 4.78 is 0. The van der Waals surface area contributed by atoms with Crippen LogP contribution in [-0.2, 0) is 11.8 Å². The van der Waals surface area contributed by atoms with Crippen molar-refractivity contribution in [3.63, 3.8) is 0 Å². The minimum Gasteiger partial charge on any atom is -0.0656 e. The summed E-state index contributed by atoms with van der Waals surface area (Å²) in [5, 5.41) is 3.20. The zero-order valence-corrected chi connectivity index (χ0v) is 24.0. The van der Waals surface area contributed by atoms with Crippen molar-refractivity contribution in [2.75, 3.05) is 0 Å². The van der Waals surface area contributed by atoms with Crippen molar-refractivity contribution in [1.82, 2.24) is 0 Å². The van der Waals surface area contributed by atoms with E-state index in [0.29, 0.717) is 5.92 Å². The molecule has 1 aliphatic rings. The van der Waals surface area contributed by atoms with Gasteiger partial charge in [-0.3, -0.25) is 0 Å². The van der Waals surface area contributed by atoms with Crippen LogP contribution >= 0.6 is 0 Å². The standard InChI is InChI=1S/C29H44Si2/c1-20(2)14-21-15-22-12-13-27(29(3,4)5)28(26(22)16-21)23-17-24(30(6,7)8)19-25(18-23)31(9,10)11/h12-13,16-20H,14-15H2,1-11H3. The number of benzene rings is 2. The van der Waals surface area contributed by atoms with Crippen LogP contribution in [-0.4, -0.2) is 16.1 Å². The molecule has 168 valence electrons. The highest BCUT2D eigenvalue weighted by atomic mass is 28.3. The van der Waals surface area contributed by atoms with Crippen LogP contribution in [0.3, 0.4) is 0 Å². The van der Waals surface area contributed by atoms with Gasteiger partial charge in [0.1, 0.15) is 0 Å². The Morgan fingerprint density at radius 1 is 0.839 bits per heavy atom. The molecule has 0 nitrogen and oxygen atoms in total. The fourth-order valence-electron chi connectivity index (χ4n) is 4.71. The van der Waals surface area contributed by atoms with Crippen molar-refractivity contribution in [3.8, 4) is 11.1 Å². The summed E-state index contributed by atoms with van der Waals surface area (Å²) >= 11 is 0. The van der Waals surface area contributed by atoms with Gasteiger partial charge in [-0.15, -0.1) is 0 Å². The third-order valence-corrected chi connectivity index (χ3v) is 10.6. The Balaban J connectivity index is 2.35. The average Bonchev–Trinajstić information content (AvgIpc) is 2.99. The summed E-state index contributed by atoms with van der Waals surface area (Å²) in [5.41, 5.74) is 9.19. The van der Waals surface area contributed by atoms with Crippen LogP contribution in [0.2, 0.25) is 39.3 Å². The maximum Gasteiger partial charge on any atom is 0.0776 e. The van der Waals surface area contributed by atoms with E-state index in [-0.39, 0.29) is 5.41 Å². The van der Waals surface area contributed by atoms with Gasteiger partial charge in [-0.05, 0) is 52.0 Å². The maximum absolute atomic E-state index is 2.56. The average molecular weight is 449 g/mol. The number of rotatable bonds is 5. The molecule has 1 aliphatic carbocycles. The molecule has 0 saturated heterocycles. The van der Waals surface area contributed by atoms with Crippen LogP contribution < -0.4 is 10.4 Å². The number of hydrogen-bond donors (Lipinski definition) is 0. The van der Waals surface area contributed by atoms with Crippen LogP contribution in [0, 0.1) is 5.92 Å². The highest BCUT2D eigenvalue weighted by Crippen LogP contribution is 2.42. The first kappa shape index (κ1) is 24.3. The molecule has 0 bridgehead atoms. The van der Waals surface area contributed by atoms with Gasteiger partial charge in [0.2, 0.25) is 0 Å². The van der Waals surface area contributed by atoms with Crippen LogP contribution in [0.25, 0.3) is 17.2 Å². The van der Waals surface area contributed by atoms with Crippen molar-refractivity contribution in [3.05, 3.63) is 52.6 Å². The van der Waals surface area contributed by atoms with Crippen LogP contribution in [0.1, 0.15) is 57.7 Å². The molecule has 0 aromatic heterocycles. The molecule has 31 heavy (non-hydrogen) atoms. The highest BCUT2D eigenvalue weighted by molar-refractivity contribution is 6.91. The summed E-state index contributed by atoms with van der Waals surface area (Å²) in [7, 11) is -2.85. The molecule has 2 heteroatoms. The SMILES string of the molecule is CC(C)CC1=Cc2c(ccc(C(C)(C)C)c2-c2cc([Si](C)(C)C)cc([Si](C)(C)C)c2)C1.